The molecule has 2 aliphatic rings. The van der Waals surface area contributed by atoms with E-state index >= 15 is 0 Å². The largest absolute Gasteiger partial charge is 0.396 e. The lowest BCUT2D eigenvalue weighted by Gasteiger charge is -2.38. The molecule has 0 radical (unpaired) electrons. The molecule has 1 saturated heterocycles. The fourth-order valence-electron chi connectivity index (χ4n) is 2.14. The van der Waals surface area contributed by atoms with E-state index in [1.165, 1.54) is 13.0 Å². The predicted octanol–water partition coefficient (Wildman–Crippen LogP) is -0.166. The van der Waals surface area contributed by atoms with Gasteiger partial charge in [-0.3, -0.25) is 0 Å². The molecule has 3 atom stereocenters. The lowest BCUT2D eigenvalue weighted by atomic mass is 9.67. The van der Waals surface area contributed by atoms with Gasteiger partial charge >= 0.3 is 0 Å². The maximum absolute atomic E-state index is 8.81. The summed E-state index contributed by atoms with van der Waals surface area (Å²) in [5.74, 6) is 2.35. The second-order valence-corrected chi connectivity index (χ2v) is 3.26. The highest BCUT2D eigenvalue weighted by Crippen LogP contribution is 2.41. The van der Waals surface area contributed by atoms with Crippen molar-refractivity contribution in [1.82, 2.24) is 5.32 Å². The van der Waals surface area contributed by atoms with E-state index in [9.17, 15) is 0 Å². The lowest BCUT2D eigenvalue weighted by Crippen LogP contribution is -2.37. The highest BCUT2D eigenvalue weighted by atomic mass is 16.3. The first-order chi connectivity index (χ1) is 4.42. The van der Waals surface area contributed by atoms with Crippen molar-refractivity contribution >= 4 is 0 Å². The monoisotopic (exact) mass is 127 g/mol. The fraction of sp³-hybridized carbons (Fsp3) is 1.00. The first-order valence-corrected chi connectivity index (χ1v) is 3.73. The zero-order chi connectivity index (χ0) is 6.27. The zero-order valence-electron chi connectivity index (χ0n) is 5.51. The van der Waals surface area contributed by atoms with Crippen LogP contribution in [-0.4, -0.2) is 24.8 Å². The molecule has 1 aliphatic carbocycles. The molecule has 9 heavy (non-hydrogen) atoms. The Morgan fingerprint density at radius 2 is 2.33 bits per heavy atom. The van der Waals surface area contributed by atoms with Crippen LogP contribution in [0.5, 0.6) is 0 Å². The standard InChI is InChI=1S/C7H13NO/c9-4-6-1-5-2-8-3-7(5)6/h5-9H,1-4H2/t5-,6+,7+/m1/s1. The smallest absolute Gasteiger partial charge is 0.0462 e. The lowest BCUT2D eigenvalue weighted by molar-refractivity contribution is 0.0579. The van der Waals surface area contributed by atoms with E-state index in [0.29, 0.717) is 12.5 Å². The van der Waals surface area contributed by atoms with Gasteiger partial charge in [-0.25, -0.2) is 0 Å². The maximum atomic E-state index is 8.81. The van der Waals surface area contributed by atoms with Crippen LogP contribution in [-0.2, 0) is 0 Å². The molecule has 0 unspecified atom stereocenters. The van der Waals surface area contributed by atoms with E-state index in [1.807, 2.05) is 0 Å². The Balaban J connectivity index is 1.93. The molecule has 0 amide bonds. The van der Waals surface area contributed by atoms with Crippen molar-refractivity contribution in [3.63, 3.8) is 0 Å². The number of rotatable bonds is 1. The van der Waals surface area contributed by atoms with Gasteiger partial charge in [0.1, 0.15) is 0 Å². The van der Waals surface area contributed by atoms with Crippen molar-refractivity contribution in [2.45, 2.75) is 6.42 Å². The van der Waals surface area contributed by atoms with E-state index in [1.54, 1.807) is 0 Å². The van der Waals surface area contributed by atoms with E-state index in [-0.39, 0.29) is 0 Å². The molecular weight excluding hydrogens is 114 g/mol. The van der Waals surface area contributed by atoms with Gasteiger partial charge < -0.3 is 10.4 Å². The summed E-state index contributed by atoms with van der Waals surface area (Å²) in [5, 5.41) is 12.1. The third-order valence-corrected chi connectivity index (χ3v) is 2.84. The molecule has 1 aliphatic heterocycles. The van der Waals surface area contributed by atoms with Gasteiger partial charge in [-0.15, -0.1) is 0 Å². The van der Waals surface area contributed by atoms with Crippen LogP contribution >= 0.6 is 0 Å². The average molecular weight is 127 g/mol. The van der Waals surface area contributed by atoms with Crippen molar-refractivity contribution in [2.24, 2.45) is 17.8 Å². The van der Waals surface area contributed by atoms with Crippen LogP contribution in [0.3, 0.4) is 0 Å². The minimum Gasteiger partial charge on any atom is -0.396 e. The number of fused-ring (bicyclic) bond motifs is 1. The number of aliphatic hydroxyl groups excluding tert-OH is 1. The van der Waals surface area contributed by atoms with Crippen molar-refractivity contribution in [3.05, 3.63) is 0 Å². The summed E-state index contributed by atoms with van der Waals surface area (Å²) in [4.78, 5) is 0. The van der Waals surface area contributed by atoms with Crippen LogP contribution in [0.15, 0.2) is 0 Å². The van der Waals surface area contributed by atoms with Crippen LogP contribution in [0.4, 0.5) is 0 Å². The van der Waals surface area contributed by atoms with E-state index in [2.05, 4.69) is 5.32 Å². The van der Waals surface area contributed by atoms with Crippen molar-refractivity contribution in [3.8, 4) is 0 Å². The SMILES string of the molecule is OC[C@@H]1C[C@@H]2CNC[C@H]12. The minimum absolute atomic E-state index is 0.406. The van der Waals surface area contributed by atoms with Crippen LogP contribution < -0.4 is 5.32 Å². The number of nitrogens with one attached hydrogen (secondary N) is 1. The summed E-state index contributed by atoms with van der Waals surface area (Å²) < 4.78 is 0. The quantitative estimate of drug-likeness (QED) is 0.513. The maximum Gasteiger partial charge on any atom is 0.0462 e. The van der Waals surface area contributed by atoms with Crippen molar-refractivity contribution in [2.75, 3.05) is 19.7 Å². The molecule has 1 saturated carbocycles. The number of hydrogen-bond donors (Lipinski definition) is 2. The van der Waals surface area contributed by atoms with Gasteiger partial charge in [-0.2, -0.15) is 0 Å². The molecule has 0 spiro atoms. The van der Waals surface area contributed by atoms with Gasteiger partial charge in [0, 0.05) is 6.61 Å². The van der Waals surface area contributed by atoms with E-state index in [0.717, 1.165) is 18.4 Å². The summed E-state index contributed by atoms with van der Waals surface area (Å²) in [6, 6.07) is 0. The van der Waals surface area contributed by atoms with Crippen molar-refractivity contribution in [1.29, 1.82) is 0 Å². The zero-order valence-corrected chi connectivity index (χ0v) is 5.51. The Bertz CT molecular complexity index is 115. The second kappa shape index (κ2) is 1.96. The molecule has 0 aromatic rings. The average Bonchev–Trinajstić information content (AvgIpc) is 2.14. The Labute approximate surface area is 55.3 Å². The van der Waals surface area contributed by atoms with Crippen LogP contribution in [0.2, 0.25) is 0 Å². The first-order valence-electron chi connectivity index (χ1n) is 3.73. The minimum atomic E-state index is 0.406. The summed E-state index contributed by atoms with van der Waals surface area (Å²) in [6.45, 7) is 2.75. The van der Waals surface area contributed by atoms with Gasteiger partial charge in [0.25, 0.3) is 0 Å². The fourth-order valence-corrected chi connectivity index (χ4v) is 2.14. The van der Waals surface area contributed by atoms with Crippen LogP contribution in [0, 0.1) is 17.8 Å². The van der Waals surface area contributed by atoms with Gasteiger partial charge in [0.15, 0.2) is 0 Å². The third kappa shape index (κ3) is 0.700. The Kier molecular flexibility index (Phi) is 1.24. The molecular formula is C7H13NO. The van der Waals surface area contributed by atoms with Gasteiger partial charge in [-0.05, 0) is 37.3 Å². The second-order valence-electron chi connectivity index (χ2n) is 3.26. The molecule has 2 rings (SSSR count). The summed E-state index contributed by atoms with van der Waals surface area (Å²) in [7, 11) is 0. The molecule has 2 heteroatoms. The van der Waals surface area contributed by atoms with E-state index < -0.39 is 0 Å². The first kappa shape index (κ1) is 5.69. The number of aliphatic hydroxyl groups is 1. The molecule has 52 valence electrons. The number of hydrogen-bond acceptors (Lipinski definition) is 2. The van der Waals surface area contributed by atoms with E-state index in [4.69, 9.17) is 5.11 Å². The Morgan fingerprint density at radius 1 is 1.44 bits per heavy atom. The van der Waals surface area contributed by atoms with Gasteiger partial charge in [-0.1, -0.05) is 0 Å². The molecule has 0 aromatic heterocycles. The summed E-state index contributed by atoms with van der Waals surface area (Å²) in [6.07, 6.45) is 1.26. The summed E-state index contributed by atoms with van der Waals surface area (Å²) >= 11 is 0. The normalized spacial score (nSPS) is 48.3. The highest BCUT2D eigenvalue weighted by Gasteiger charge is 2.42. The highest BCUT2D eigenvalue weighted by molar-refractivity contribution is 4.95. The molecule has 2 nitrogen and oxygen atoms in total. The Morgan fingerprint density at radius 3 is 3.00 bits per heavy atom. The molecule has 1 heterocycles. The molecule has 2 fully saturated rings. The van der Waals surface area contributed by atoms with Crippen molar-refractivity contribution < 1.29 is 5.11 Å². The molecule has 2 N–H and O–H groups in total. The predicted molar refractivity (Wildman–Crippen MR) is 35.0 cm³/mol. The molecule has 0 aromatic carbocycles. The summed E-state index contributed by atoms with van der Waals surface area (Å²) in [5.41, 5.74) is 0. The molecule has 0 bridgehead atoms. The van der Waals surface area contributed by atoms with Crippen LogP contribution in [0.1, 0.15) is 6.42 Å². The Hall–Kier alpha value is -0.0800. The van der Waals surface area contributed by atoms with Gasteiger partial charge in [0.05, 0.1) is 0 Å². The topological polar surface area (TPSA) is 32.3 Å². The third-order valence-electron chi connectivity index (χ3n) is 2.84. The van der Waals surface area contributed by atoms with Gasteiger partial charge in [0.2, 0.25) is 0 Å². The van der Waals surface area contributed by atoms with Crippen LogP contribution in [0.25, 0.3) is 0 Å².